The first-order chi connectivity index (χ1) is 13.1. The maximum atomic E-state index is 13.0. The molecule has 8 nitrogen and oxygen atoms in total. The molecule has 2 aromatic heterocycles. The molecule has 1 spiro atoms. The zero-order valence-electron chi connectivity index (χ0n) is 15.5. The Morgan fingerprint density at radius 1 is 1.22 bits per heavy atom. The third kappa shape index (κ3) is 2.49. The maximum Gasteiger partial charge on any atom is 0.272 e. The number of H-pyrrole nitrogens is 1. The molecule has 8 heteroatoms. The Kier molecular flexibility index (Phi) is 3.63. The number of nitrogens with zero attached hydrogens (tertiary/aromatic N) is 5. The van der Waals surface area contributed by atoms with Crippen molar-refractivity contribution in [3.8, 4) is 0 Å². The summed E-state index contributed by atoms with van der Waals surface area (Å²) >= 11 is 0. The number of amides is 2. The topological polar surface area (TPSA) is 87.1 Å². The smallest absolute Gasteiger partial charge is 0.272 e. The van der Waals surface area contributed by atoms with Gasteiger partial charge < -0.3 is 14.8 Å². The van der Waals surface area contributed by atoms with Gasteiger partial charge in [-0.25, -0.2) is 4.98 Å². The van der Waals surface area contributed by atoms with Gasteiger partial charge in [-0.1, -0.05) is 0 Å². The standard InChI is InChI=1S/C19H24N6O2/c1-23-15(4-8-22-23)18(27)24-10-6-19(7-11-24)16-14(20-12-21-16)5-9-25(19)17(26)13-2-3-13/h4,8,12-13H,2-3,5-7,9-11H2,1H3,(H,20,21). The lowest BCUT2D eigenvalue weighted by Crippen LogP contribution is -2.59. The molecular formula is C19H24N6O2. The summed E-state index contributed by atoms with van der Waals surface area (Å²) in [4.78, 5) is 37.7. The molecule has 142 valence electrons. The first-order valence-corrected chi connectivity index (χ1v) is 9.72. The molecule has 2 fully saturated rings. The molecule has 0 radical (unpaired) electrons. The van der Waals surface area contributed by atoms with Gasteiger partial charge in [-0.05, 0) is 31.7 Å². The lowest BCUT2D eigenvalue weighted by molar-refractivity contribution is -0.143. The molecule has 2 aliphatic heterocycles. The fourth-order valence-corrected chi connectivity index (χ4v) is 4.68. The summed E-state index contributed by atoms with van der Waals surface area (Å²) in [6.07, 6.45) is 7.68. The van der Waals surface area contributed by atoms with Gasteiger partial charge in [-0.15, -0.1) is 0 Å². The van der Waals surface area contributed by atoms with Gasteiger partial charge in [0.05, 0.1) is 17.6 Å². The minimum atomic E-state index is -0.378. The number of fused-ring (bicyclic) bond motifs is 2. The van der Waals surface area contributed by atoms with E-state index in [9.17, 15) is 9.59 Å². The Hall–Kier alpha value is -2.64. The van der Waals surface area contributed by atoms with Crippen LogP contribution >= 0.6 is 0 Å². The molecule has 1 N–H and O–H groups in total. The fourth-order valence-electron chi connectivity index (χ4n) is 4.68. The highest BCUT2D eigenvalue weighted by atomic mass is 16.2. The number of piperidine rings is 1. The normalized spacial score (nSPS) is 21.4. The number of hydrogen-bond acceptors (Lipinski definition) is 4. The molecule has 0 bridgehead atoms. The highest BCUT2D eigenvalue weighted by Crippen LogP contribution is 2.45. The Bertz CT molecular complexity index is 888. The minimum Gasteiger partial charge on any atom is -0.348 e. The zero-order chi connectivity index (χ0) is 18.6. The SMILES string of the molecule is Cn1nccc1C(=O)N1CCC2(CC1)c1nc[nH]c1CCN2C(=O)C1CC1. The van der Waals surface area contributed by atoms with Crippen molar-refractivity contribution in [1.82, 2.24) is 29.5 Å². The van der Waals surface area contributed by atoms with Gasteiger partial charge in [0.15, 0.2) is 0 Å². The first-order valence-electron chi connectivity index (χ1n) is 9.72. The molecule has 4 heterocycles. The van der Waals surface area contributed by atoms with Crippen molar-refractivity contribution < 1.29 is 9.59 Å². The van der Waals surface area contributed by atoms with Crippen LogP contribution in [0.2, 0.25) is 0 Å². The number of likely N-dealkylation sites (tertiary alicyclic amines) is 1. The number of carbonyl (C=O) groups is 2. The second kappa shape index (κ2) is 5.94. The van der Waals surface area contributed by atoms with Crippen LogP contribution in [0, 0.1) is 5.92 Å². The molecule has 1 saturated heterocycles. The molecule has 27 heavy (non-hydrogen) atoms. The van der Waals surface area contributed by atoms with Crippen LogP contribution in [0.1, 0.15) is 47.6 Å². The third-order valence-corrected chi connectivity index (χ3v) is 6.37. The number of nitrogens with one attached hydrogen (secondary N) is 1. The number of aromatic nitrogens is 4. The summed E-state index contributed by atoms with van der Waals surface area (Å²) in [5, 5.41) is 4.10. The Morgan fingerprint density at radius 2 is 2.00 bits per heavy atom. The van der Waals surface area contributed by atoms with Gasteiger partial charge in [0.1, 0.15) is 5.69 Å². The van der Waals surface area contributed by atoms with Crippen LogP contribution < -0.4 is 0 Å². The van der Waals surface area contributed by atoms with Crippen LogP contribution in [0.15, 0.2) is 18.6 Å². The van der Waals surface area contributed by atoms with Crippen molar-refractivity contribution in [1.29, 1.82) is 0 Å². The summed E-state index contributed by atoms with van der Waals surface area (Å²) in [5.74, 6) is 0.467. The number of carbonyl (C=O) groups excluding carboxylic acids is 2. The Morgan fingerprint density at radius 3 is 2.67 bits per heavy atom. The fraction of sp³-hybridized carbons (Fsp3) is 0.579. The highest BCUT2D eigenvalue weighted by molar-refractivity contribution is 5.92. The lowest BCUT2D eigenvalue weighted by Gasteiger charge is -2.50. The Balaban J connectivity index is 1.42. The molecule has 0 aromatic carbocycles. The van der Waals surface area contributed by atoms with Crippen LogP contribution in [0.25, 0.3) is 0 Å². The van der Waals surface area contributed by atoms with Gasteiger partial charge in [0.25, 0.3) is 5.91 Å². The highest BCUT2D eigenvalue weighted by Gasteiger charge is 2.51. The van der Waals surface area contributed by atoms with E-state index in [0.717, 1.165) is 50.0 Å². The van der Waals surface area contributed by atoms with Crippen LogP contribution in [0.4, 0.5) is 0 Å². The van der Waals surface area contributed by atoms with Gasteiger partial charge in [-0.3, -0.25) is 14.3 Å². The van der Waals surface area contributed by atoms with E-state index in [4.69, 9.17) is 0 Å². The number of aryl methyl sites for hydroxylation is 1. The third-order valence-electron chi connectivity index (χ3n) is 6.37. The molecule has 0 unspecified atom stereocenters. The summed E-state index contributed by atoms with van der Waals surface area (Å²) in [5.41, 5.74) is 2.37. The molecule has 1 saturated carbocycles. The average Bonchev–Trinajstić information content (AvgIpc) is 3.26. The summed E-state index contributed by atoms with van der Waals surface area (Å²) in [6.45, 7) is 1.97. The summed E-state index contributed by atoms with van der Waals surface area (Å²) in [6, 6.07) is 1.75. The molecular weight excluding hydrogens is 344 g/mol. The monoisotopic (exact) mass is 368 g/mol. The van der Waals surface area contributed by atoms with E-state index in [1.165, 1.54) is 0 Å². The molecule has 3 aliphatic rings. The maximum absolute atomic E-state index is 13.0. The summed E-state index contributed by atoms with van der Waals surface area (Å²) in [7, 11) is 1.78. The van der Waals surface area contributed by atoms with Crippen molar-refractivity contribution in [3.63, 3.8) is 0 Å². The van der Waals surface area contributed by atoms with E-state index in [2.05, 4.69) is 20.0 Å². The largest absolute Gasteiger partial charge is 0.348 e. The second-order valence-corrected chi connectivity index (χ2v) is 7.91. The van der Waals surface area contributed by atoms with Crippen LogP contribution in [-0.2, 0) is 23.8 Å². The van der Waals surface area contributed by atoms with Crippen molar-refractivity contribution in [2.24, 2.45) is 13.0 Å². The quantitative estimate of drug-likeness (QED) is 0.859. The zero-order valence-corrected chi connectivity index (χ0v) is 15.5. The number of aromatic amines is 1. The molecule has 2 amide bonds. The molecule has 1 aliphatic carbocycles. The predicted molar refractivity (Wildman–Crippen MR) is 96.8 cm³/mol. The van der Waals surface area contributed by atoms with Crippen molar-refractivity contribution in [2.45, 2.75) is 37.6 Å². The van der Waals surface area contributed by atoms with E-state index >= 15 is 0 Å². The van der Waals surface area contributed by atoms with Crippen LogP contribution in [-0.4, -0.2) is 61.0 Å². The van der Waals surface area contributed by atoms with Crippen LogP contribution in [0.3, 0.4) is 0 Å². The van der Waals surface area contributed by atoms with Crippen molar-refractivity contribution >= 4 is 11.8 Å². The minimum absolute atomic E-state index is 0.00276. The Labute approximate surface area is 157 Å². The van der Waals surface area contributed by atoms with Crippen LogP contribution in [0.5, 0.6) is 0 Å². The van der Waals surface area contributed by atoms with E-state index in [-0.39, 0.29) is 23.3 Å². The van der Waals surface area contributed by atoms with E-state index in [0.29, 0.717) is 18.8 Å². The van der Waals surface area contributed by atoms with Gasteiger partial charge >= 0.3 is 0 Å². The van der Waals surface area contributed by atoms with Gasteiger partial charge in [0.2, 0.25) is 5.91 Å². The molecule has 5 rings (SSSR count). The summed E-state index contributed by atoms with van der Waals surface area (Å²) < 4.78 is 1.61. The second-order valence-electron chi connectivity index (χ2n) is 7.91. The first kappa shape index (κ1) is 16.5. The lowest BCUT2D eigenvalue weighted by atomic mass is 9.78. The van der Waals surface area contributed by atoms with Gasteiger partial charge in [0, 0.05) is 50.9 Å². The molecule has 2 aromatic rings. The van der Waals surface area contributed by atoms with E-state index in [1.54, 1.807) is 30.3 Å². The number of imidazole rings is 1. The molecule has 0 atom stereocenters. The van der Waals surface area contributed by atoms with E-state index < -0.39 is 0 Å². The average molecular weight is 368 g/mol. The number of rotatable bonds is 2. The van der Waals surface area contributed by atoms with Gasteiger partial charge in [-0.2, -0.15) is 5.10 Å². The van der Waals surface area contributed by atoms with Crippen molar-refractivity contribution in [3.05, 3.63) is 35.7 Å². The van der Waals surface area contributed by atoms with E-state index in [1.807, 2.05) is 4.90 Å². The number of hydrogen-bond donors (Lipinski definition) is 1. The van der Waals surface area contributed by atoms with Crippen molar-refractivity contribution in [2.75, 3.05) is 19.6 Å². The predicted octanol–water partition coefficient (Wildman–Crippen LogP) is 1.07.